The van der Waals surface area contributed by atoms with Crippen LogP contribution in [0.25, 0.3) is 5.69 Å². The predicted octanol–water partition coefficient (Wildman–Crippen LogP) is 3.68. The first-order chi connectivity index (χ1) is 16.9. The first-order valence-corrected chi connectivity index (χ1v) is 10.5. The summed E-state index contributed by atoms with van der Waals surface area (Å²) >= 11 is 5.92. The van der Waals surface area contributed by atoms with E-state index in [0.717, 1.165) is 11.7 Å². The van der Waals surface area contributed by atoms with E-state index >= 15 is 4.39 Å². The molecule has 2 N–H and O–H groups in total. The van der Waals surface area contributed by atoms with E-state index in [4.69, 9.17) is 21.1 Å². The molecule has 0 saturated heterocycles. The van der Waals surface area contributed by atoms with Crippen molar-refractivity contribution in [2.24, 2.45) is 0 Å². The highest BCUT2D eigenvalue weighted by Gasteiger charge is 2.30. The Labute approximate surface area is 204 Å². The smallest absolute Gasteiger partial charge is 0.422 e. The van der Waals surface area contributed by atoms with Gasteiger partial charge in [-0.25, -0.2) is 13.6 Å². The van der Waals surface area contributed by atoms with Crippen molar-refractivity contribution in [3.05, 3.63) is 62.8 Å². The average molecular weight is 537 g/mol. The van der Waals surface area contributed by atoms with Gasteiger partial charge >= 0.3 is 11.9 Å². The van der Waals surface area contributed by atoms with Crippen molar-refractivity contribution in [2.45, 2.75) is 26.3 Å². The molecule has 3 aromatic rings. The largest absolute Gasteiger partial charge is 0.494 e. The number of aromatic nitrogens is 3. The van der Waals surface area contributed by atoms with Crippen LogP contribution in [-0.2, 0) is 13.2 Å². The molecule has 36 heavy (non-hydrogen) atoms. The van der Waals surface area contributed by atoms with Gasteiger partial charge in [0.1, 0.15) is 23.9 Å². The number of amides is 1. The second-order valence-corrected chi connectivity index (χ2v) is 7.52. The van der Waals surface area contributed by atoms with Crippen LogP contribution in [0.2, 0.25) is 5.02 Å². The molecule has 0 atom stereocenters. The molecule has 0 radical (unpaired) electrons. The number of carbonyl (C=O) groups is 1. The molecule has 0 bridgehead atoms. The summed E-state index contributed by atoms with van der Waals surface area (Å²) in [5.74, 6) is -4.82. The van der Waals surface area contributed by atoms with E-state index in [1.807, 2.05) is 0 Å². The fraction of sp³-hybridized carbons (Fsp3) is 0.286. The number of ether oxygens (including phenoxy) is 2. The quantitative estimate of drug-likeness (QED) is 0.425. The molecular weight excluding hydrogens is 519 g/mol. The molecule has 0 saturated carbocycles. The van der Waals surface area contributed by atoms with E-state index in [1.165, 1.54) is 12.1 Å². The molecular formula is C21H18ClF5N4O5. The SMILES string of the molecule is CCn1c(CO)nn(-c2cc(OCC(F)(F)F)c(C(=O)Nc3c(Cl)ccc(OC)c3F)cc2F)c1=O. The minimum absolute atomic E-state index is 0.0567. The zero-order valence-electron chi connectivity index (χ0n) is 18.6. The van der Waals surface area contributed by atoms with Crippen molar-refractivity contribution in [1.82, 2.24) is 14.3 Å². The number of hydrogen-bond acceptors (Lipinski definition) is 6. The van der Waals surface area contributed by atoms with Crippen LogP contribution in [-0.4, -0.2) is 45.3 Å². The number of aliphatic hydroxyl groups is 1. The summed E-state index contributed by atoms with van der Waals surface area (Å²) in [5, 5.41) is 15.0. The maximum absolute atomic E-state index is 15.0. The van der Waals surface area contributed by atoms with Crippen LogP contribution in [0.15, 0.2) is 29.1 Å². The lowest BCUT2D eigenvalue weighted by atomic mass is 10.1. The van der Waals surface area contributed by atoms with Gasteiger partial charge < -0.3 is 19.9 Å². The number of carbonyl (C=O) groups excluding carboxylic acids is 1. The molecule has 0 aliphatic rings. The van der Waals surface area contributed by atoms with Gasteiger partial charge in [-0.2, -0.15) is 17.9 Å². The monoisotopic (exact) mass is 536 g/mol. The fourth-order valence-corrected chi connectivity index (χ4v) is 3.37. The van der Waals surface area contributed by atoms with Crippen molar-refractivity contribution < 1.29 is 41.3 Å². The summed E-state index contributed by atoms with van der Waals surface area (Å²) in [6, 6.07) is 3.53. The minimum atomic E-state index is -4.84. The Morgan fingerprint density at radius 3 is 2.47 bits per heavy atom. The van der Waals surface area contributed by atoms with Crippen LogP contribution in [0.1, 0.15) is 23.1 Å². The highest BCUT2D eigenvalue weighted by Crippen LogP contribution is 2.33. The van der Waals surface area contributed by atoms with Gasteiger partial charge in [-0.05, 0) is 25.1 Å². The third-order valence-electron chi connectivity index (χ3n) is 4.82. The minimum Gasteiger partial charge on any atom is -0.494 e. The lowest BCUT2D eigenvalue weighted by Crippen LogP contribution is -2.25. The first-order valence-electron chi connectivity index (χ1n) is 10.1. The van der Waals surface area contributed by atoms with Crippen molar-refractivity contribution in [2.75, 3.05) is 19.0 Å². The summed E-state index contributed by atoms with van der Waals surface area (Å²) < 4.78 is 79.2. The number of rotatable bonds is 8. The maximum atomic E-state index is 15.0. The summed E-state index contributed by atoms with van der Waals surface area (Å²) in [7, 11) is 1.15. The second-order valence-electron chi connectivity index (χ2n) is 7.11. The number of alkyl halides is 3. The van der Waals surface area contributed by atoms with E-state index in [9.17, 15) is 32.3 Å². The first kappa shape index (κ1) is 26.9. The van der Waals surface area contributed by atoms with Crippen LogP contribution < -0.4 is 20.5 Å². The van der Waals surface area contributed by atoms with Crippen LogP contribution in [0.4, 0.5) is 27.6 Å². The standard InChI is InChI=1S/C21H18ClF5N4O5/c1-3-30-16(8-32)29-31(20(30)34)13-7-15(36-9-21(25,26)27)10(6-12(13)23)19(33)28-18-11(22)4-5-14(35-2)17(18)24/h4-7,32H,3,8-9H2,1-2H3,(H,28,33). The number of methoxy groups -OCH3 is 1. The summed E-state index contributed by atoms with van der Waals surface area (Å²) in [5.41, 5.74) is -2.88. The van der Waals surface area contributed by atoms with Gasteiger partial charge in [-0.1, -0.05) is 11.6 Å². The van der Waals surface area contributed by atoms with Crippen molar-refractivity contribution >= 4 is 23.2 Å². The van der Waals surface area contributed by atoms with Crippen molar-refractivity contribution in [3.8, 4) is 17.2 Å². The van der Waals surface area contributed by atoms with E-state index in [2.05, 4.69) is 10.4 Å². The molecule has 0 fully saturated rings. The number of nitrogens with zero attached hydrogens (tertiary/aromatic N) is 3. The number of nitrogens with one attached hydrogen (secondary N) is 1. The Morgan fingerprint density at radius 1 is 1.22 bits per heavy atom. The molecule has 0 unspecified atom stereocenters. The summed E-state index contributed by atoms with van der Waals surface area (Å²) in [6.07, 6.45) is -4.84. The van der Waals surface area contributed by atoms with Gasteiger partial charge in [-0.15, -0.1) is 5.10 Å². The van der Waals surface area contributed by atoms with Crippen molar-refractivity contribution in [1.29, 1.82) is 0 Å². The van der Waals surface area contributed by atoms with Crippen LogP contribution in [0, 0.1) is 11.6 Å². The molecule has 0 aliphatic carbocycles. The summed E-state index contributed by atoms with van der Waals surface area (Å²) in [6.45, 7) is -0.937. The van der Waals surface area contributed by atoms with E-state index in [0.29, 0.717) is 16.8 Å². The molecule has 1 aromatic heterocycles. The van der Waals surface area contributed by atoms with Gasteiger partial charge in [0.25, 0.3) is 5.91 Å². The van der Waals surface area contributed by atoms with Crippen LogP contribution >= 0.6 is 11.6 Å². The highest BCUT2D eigenvalue weighted by molar-refractivity contribution is 6.34. The highest BCUT2D eigenvalue weighted by atomic mass is 35.5. The van der Waals surface area contributed by atoms with Gasteiger partial charge in [-0.3, -0.25) is 9.36 Å². The van der Waals surface area contributed by atoms with Gasteiger partial charge in [0.2, 0.25) is 0 Å². The molecule has 15 heteroatoms. The molecule has 9 nitrogen and oxygen atoms in total. The Morgan fingerprint density at radius 2 is 1.92 bits per heavy atom. The number of hydrogen-bond donors (Lipinski definition) is 2. The van der Waals surface area contributed by atoms with E-state index in [-0.39, 0.29) is 23.1 Å². The normalized spacial score (nSPS) is 11.5. The molecule has 1 amide bonds. The Kier molecular flexibility index (Phi) is 7.89. The molecule has 2 aromatic carbocycles. The molecule has 0 aliphatic heterocycles. The lowest BCUT2D eigenvalue weighted by Gasteiger charge is -2.16. The topological polar surface area (TPSA) is 108 Å². The van der Waals surface area contributed by atoms with Gasteiger partial charge in [0, 0.05) is 12.6 Å². The maximum Gasteiger partial charge on any atom is 0.422 e. The number of aliphatic hydroxyl groups excluding tert-OH is 1. The number of halogens is 6. The second kappa shape index (κ2) is 10.5. The Hall–Kier alpha value is -3.65. The van der Waals surface area contributed by atoms with Crippen molar-refractivity contribution in [3.63, 3.8) is 0 Å². The van der Waals surface area contributed by atoms with E-state index in [1.54, 1.807) is 6.92 Å². The number of benzene rings is 2. The van der Waals surface area contributed by atoms with E-state index < -0.39 is 65.3 Å². The third kappa shape index (κ3) is 5.44. The summed E-state index contributed by atoms with van der Waals surface area (Å²) in [4.78, 5) is 25.4. The van der Waals surface area contributed by atoms with Gasteiger partial charge in [0.15, 0.2) is 24.0 Å². The van der Waals surface area contributed by atoms with Crippen LogP contribution in [0.5, 0.6) is 11.5 Å². The molecule has 3 rings (SSSR count). The third-order valence-corrected chi connectivity index (χ3v) is 5.14. The van der Waals surface area contributed by atoms with Gasteiger partial charge in [0.05, 0.1) is 23.4 Å². The molecule has 194 valence electrons. The Balaban J connectivity index is 2.13. The zero-order valence-corrected chi connectivity index (χ0v) is 19.4. The predicted molar refractivity (Wildman–Crippen MR) is 117 cm³/mol. The van der Waals surface area contributed by atoms with Crippen LogP contribution in [0.3, 0.4) is 0 Å². The lowest BCUT2D eigenvalue weighted by molar-refractivity contribution is -0.153. The Bertz CT molecular complexity index is 1360. The molecule has 1 heterocycles. The molecule has 0 spiro atoms. The zero-order chi connectivity index (χ0) is 26.8. The number of anilines is 1. The fourth-order valence-electron chi connectivity index (χ4n) is 3.18. The average Bonchev–Trinajstić information content (AvgIpc) is 3.15.